The van der Waals surface area contributed by atoms with Gasteiger partial charge in [-0.25, -0.2) is 0 Å². The van der Waals surface area contributed by atoms with Crippen molar-refractivity contribution in [3.8, 4) is 0 Å². The number of amides is 2. The molecule has 0 saturated carbocycles. The van der Waals surface area contributed by atoms with Crippen molar-refractivity contribution in [3.05, 3.63) is 6.42 Å². The fourth-order valence-electron chi connectivity index (χ4n) is 1.22. The average molecular weight is 786 g/mol. The molecule has 0 aromatic carbocycles. The Balaban J connectivity index is -0.000000301. The minimum absolute atomic E-state index is 0. The van der Waals surface area contributed by atoms with Crippen molar-refractivity contribution in [2.75, 3.05) is 0 Å². The van der Waals surface area contributed by atoms with Crippen molar-refractivity contribution in [2.45, 2.75) is 38.0 Å². The fourth-order valence-corrected chi connectivity index (χ4v) is 1.74. The van der Waals surface area contributed by atoms with Gasteiger partial charge in [-0.3, -0.25) is 20.6 Å². The summed E-state index contributed by atoms with van der Waals surface area (Å²) in [7, 11) is -3.96. The molecule has 124 valence electrons. The van der Waals surface area contributed by atoms with Crippen molar-refractivity contribution in [1.82, 2.24) is 5.06 Å². The first kappa shape index (κ1) is 27.3. The Morgan fingerprint density at radius 3 is 2.09 bits per heavy atom. The van der Waals surface area contributed by atoms with Crippen LogP contribution < -0.4 is 0 Å². The number of hydroxylamine groups is 2. The van der Waals surface area contributed by atoms with E-state index in [1.165, 1.54) is 13.8 Å². The first-order chi connectivity index (χ1) is 9.09. The van der Waals surface area contributed by atoms with E-state index < -0.39 is 33.3 Å². The van der Waals surface area contributed by atoms with Crippen LogP contribution in [0.25, 0.3) is 0 Å². The zero-order chi connectivity index (χ0) is 15.9. The smallest absolute Gasteiger partial charge is 0.321 e. The van der Waals surface area contributed by atoms with Crippen LogP contribution in [0.1, 0.15) is 26.7 Å². The largest absolute Gasteiger partial charge is 0.393 e. The molecule has 0 aromatic heterocycles. The van der Waals surface area contributed by atoms with Gasteiger partial charge in [-0.1, -0.05) is 6.42 Å². The van der Waals surface area contributed by atoms with Crippen LogP contribution in [0.3, 0.4) is 0 Å². The van der Waals surface area contributed by atoms with Crippen LogP contribution in [0.2, 0.25) is 0 Å². The van der Waals surface area contributed by atoms with Crippen LogP contribution in [0.4, 0.5) is 0 Å². The van der Waals surface area contributed by atoms with Gasteiger partial charge in [-0.15, -0.1) is 5.06 Å². The number of imide groups is 1. The average Bonchev–Trinajstić information content (AvgIpc) is 2.60. The summed E-state index contributed by atoms with van der Waals surface area (Å²) in [6, 6.07) is 0. The van der Waals surface area contributed by atoms with Gasteiger partial charge in [0.05, 0.1) is 11.4 Å². The van der Waals surface area contributed by atoms with Gasteiger partial charge in [0.15, 0.2) is 0 Å². The van der Waals surface area contributed by atoms with Gasteiger partial charge in [-0.2, -0.15) is 8.42 Å². The normalized spacial score (nSPS) is 16.1. The number of hydrogen-bond donors (Lipinski definition) is 2. The van der Waals surface area contributed by atoms with Crippen molar-refractivity contribution < 1.29 is 99.5 Å². The predicted octanol–water partition coefficient (Wildman–Crippen LogP) is -0.929. The van der Waals surface area contributed by atoms with Gasteiger partial charge < -0.3 is 14.7 Å². The second-order valence-corrected chi connectivity index (χ2v) is 5.88. The van der Waals surface area contributed by atoms with Gasteiger partial charge in [0.25, 0.3) is 10.1 Å². The quantitative estimate of drug-likeness (QED) is 0.158. The Hall–Kier alpha value is 0.454. The third kappa shape index (κ3) is 11.1. The SMILES string of the molecule is CC(O)CC(C)S(=O)(=O)O.O=CON1C(=O)[CH-]CC1=O.[U].[U]. The summed E-state index contributed by atoms with van der Waals surface area (Å²) in [5, 5.41) is 8.25. The van der Waals surface area contributed by atoms with Gasteiger partial charge in [0, 0.05) is 62.2 Å². The third-order valence-electron chi connectivity index (χ3n) is 2.21. The van der Waals surface area contributed by atoms with Crippen LogP contribution in [0.15, 0.2) is 0 Å². The summed E-state index contributed by atoms with van der Waals surface area (Å²) in [6.45, 7) is 2.86. The number of aliphatic hydroxyl groups is 1. The first-order valence-electron chi connectivity index (χ1n) is 5.54. The van der Waals surface area contributed by atoms with E-state index in [0.29, 0.717) is 5.06 Å². The Morgan fingerprint density at radius 1 is 1.36 bits per heavy atom. The van der Waals surface area contributed by atoms with Gasteiger partial charge >= 0.3 is 6.47 Å². The number of rotatable bonds is 5. The molecule has 1 fully saturated rings. The maximum absolute atomic E-state index is 10.6. The fraction of sp³-hybridized carbons (Fsp3) is 0.600. The molecule has 2 atom stereocenters. The van der Waals surface area contributed by atoms with E-state index in [0.717, 1.165) is 6.42 Å². The molecule has 2 N–H and O–H groups in total. The second-order valence-electron chi connectivity index (χ2n) is 4.05. The molecular weight excluding hydrogens is 770 g/mol. The summed E-state index contributed by atoms with van der Waals surface area (Å²) < 4.78 is 29.0. The van der Waals surface area contributed by atoms with Crippen LogP contribution >= 0.6 is 0 Å². The molecule has 0 bridgehead atoms. The monoisotopic (exact) mass is 786 g/mol. The van der Waals surface area contributed by atoms with Crippen LogP contribution in [-0.2, 0) is 29.3 Å². The molecule has 1 aliphatic heterocycles. The zero-order valence-corrected chi connectivity index (χ0v) is 21.1. The Labute approximate surface area is 176 Å². The predicted molar refractivity (Wildman–Crippen MR) is 65.2 cm³/mol. The summed E-state index contributed by atoms with van der Waals surface area (Å²) in [6.07, 6.45) is 0.522. The Morgan fingerprint density at radius 2 is 1.86 bits per heavy atom. The number of hydrogen-bond acceptors (Lipinski definition) is 7. The summed E-state index contributed by atoms with van der Waals surface area (Å²) in [4.78, 5) is 34.8. The zero-order valence-electron chi connectivity index (χ0n) is 11.9. The molecule has 1 rings (SSSR count). The van der Waals surface area contributed by atoms with E-state index in [1.807, 2.05) is 0 Å². The minimum atomic E-state index is -3.96. The molecule has 1 aliphatic rings. The van der Waals surface area contributed by atoms with Crippen LogP contribution in [-0.4, -0.2) is 52.8 Å². The topological polar surface area (TPSA) is 138 Å². The van der Waals surface area contributed by atoms with Crippen LogP contribution in [0.5, 0.6) is 0 Å². The molecule has 2 unspecified atom stereocenters. The summed E-state index contributed by atoms with van der Waals surface area (Å²) in [5.41, 5.74) is 0. The van der Waals surface area contributed by atoms with Crippen molar-refractivity contribution in [1.29, 1.82) is 0 Å². The number of carbonyl (C=O) groups excluding carboxylic acids is 3. The molecular formula is C10H16NO8SU2-. The third-order valence-corrected chi connectivity index (χ3v) is 3.42. The molecule has 0 aromatic rings. The molecule has 0 spiro atoms. The van der Waals surface area contributed by atoms with Crippen molar-refractivity contribution in [3.63, 3.8) is 0 Å². The molecule has 9 nitrogen and oxygen atoms in total. The van der Waals surface area contributed by atoms with Crippen molar-refractivity contribution >= 4 is 28.4 Å². The number of carbonyl (C=O) groups is 3. The van der Waals surface area contributed by atoms with Gasteiger partial charge in [0.2, 0.25) is 5.91 Å². The Kier molecular flexibility index (Phi) is 15.9. The molecule has 2 amide bonds. The molecule has 1 saturated heterocycles. The number of aliphatic hydroxyl groups excluding tert-OH is 1. The van der Waals surface area contributed by atoms with Gasteiger partial charge in [-0.05, 0) is 20.3 Å². The molecule has 0 radical (unpaired) electrons. The van der Waals surface area contributed by atoms with E-state index in [1.54, 1.807) is 0 Å². The van der Waals surface area contributed by atoms with E-state index in [9.17, 15) is 22.8 Å². The maximum Gasteiger partial charge on any atom is 0.321 e. The van der Waals surface area contributed by atoms with E-state index >= 15 is 0 Å². The molecule has 22 heavy (non-hydrogen) atoms. The van der Waals surface area contributed by atoms with E-state index in [2.05, 4.69) is 4.84 Å². The Bertz CT molecular complexity index is 452. The van der Waals surface area contributed by atoms with Crippen LogP contribution in [0, 0.1) is 68.6 Å². The van der Waals surface area contributed by atoms with E-state index in [-0.39, 0.29) is 81.5 Å². The summed E-state index contributed by atoms with van der Waals surface area (Å²) in [5.74, 6) is -1.10. The maximum atomic E-state index is 10.6. The van der Waals surface area contributed by atoms with Crippen molar-refractivity contribution in [2.24, 2.45) is 0 Å². The summed E-state index contributed by atoms with van der Waals surface area (Å²) >= 11 is 0. The second kappa shape index (κ2) is 12.8. The number of nitrogens with zero attached hydrogens (tertiary/aromatic N) is 1. The van der Waals surface area contributed by atoms with Gasteiger partial charge in [0.1, 0.15) is 5.91 Å². The first-order valence-corrected chi connectivity index (χ1v) is 7.04. The minimum Gasteiger partial charge on any atom is -0.393 e. The molecule has 0 aliphatic carbocycles. The standard InChI is InChI=1S/C5H4NO4.C5H12O4S.2U/c7-3-10-6-4(8)1-2-5(6)9;1-4(6)3-5(2)10(7,8)9;;/h1,3H,2H2;4-6H,3H2,1-2H3,(H,7,8,9);;/q-1;;;. The van der Waals surface area contributed by atoms with E-state index in [4.69, 9.17) is 9.66 Å². The molecule has 12 heteroatoms. The molecule has 1 heterocycles.